The van der Waals surface area contributed by atoms with Crippen molar-refractivity contribution >= 4 is 11.6 Å². The molecular weight excluding hydrogens is 429 g/mol. The van der Waals surface area contributed by atoms with Gasteiger partial charge < -0.3 is 14.6 Å². The van der Waals surface area contributed by atoms with Crippen molar-refractivity contribution in [3.05, 3.63) is 69.9 Å². The van der Waals surface area contributed by atoms with Gasteiger partial charge in [-0.3, -0.25) is 0 Å². The number of rotatable bonds is 6. The van der Waals surface area contributed by atoms with Gasteiger partial charge in [0.15, 0.2) is 0 Å². The minimum atomic E-state index is -4.49. The standard InChI is InChI=1S/C23H20ClF3N2O2/c24-20-9-15(7-8-16(20)14-10-28-11-14)30-12-18-21(29-31-22(18)13-5-6-13)17-3-1-2-4-19(17)23(25,26)27/h1-4,7-9,13-14,28H,5-6,10-12H2. The van der Waals surface area contributed by atoms with Gasteiger partial charge in [0.2, 0.25) is 0 Å². The molecule has 1 N–H and O–H groups in total. The molecule has 2 fully saturated rings. The van der Waals surface area contributed by atoms with Crippen LogP contribution in [-0.4, -0.2) is 18.2 Å². The van der Waals surface area contributed by atoms with E-state index in [-0.39, 0.29) is 23.8 Å². The Morgan fingerprint density at radius 2 is 1.87 bits per heavy atom. The Bertz CT molecular complexity index is 1100. The van der Waals surface area contributed by atoms with Crippen LogP contribution in [0.25, 0.3) is 11.3 Å². The van der Waals surface area contributed by atoms with Crippen LogP contribution in [0.5, 0.6) is 5.75 Å². The first-order chi connectivity index (χ1) is 14.9. The summed E-state index contributed by atoms with van der Waals surface area (Å²) in [4.78, 5) is 0. The summed E-state index contributed by atoms with van der Waals surface area (Å²) in [5.41, 5.74) is 1.06. The number of benzene rings is 2. The summed E-state index contributed by atoms with van der Waals surface area (Å²) in [6, 6.07) is 10.9. The normalized spacial score (nSPS) is 16.9. The minimum absolute atomic E-state index is 0.00452. The highest BCUT2D eigenvalue weighted by molar-refractivity contribution is 6.31. The molecule has 1 saturated heterocycles. The molecule has 0 unspecified atom stereocenters. The van der Waals surface area contributed by atoms with Crippen LogP contribution < -0.4 is 10.1 Å². The van der Waals surface area contributed by atoms with E-state index in [1.807, 2.05) is 12.1 Å². The van der Waals surface area contributed by atoms with Crippen molar-refractivity contribution in [2.24, 2.45) is 0 Å². The predicted molar refractivity (Wildman–Crippen MR) is 110 cm³/mol. The molecule has 0 radical (unpaired) electrons. The Balaban J connectivity index is 1.45. The van der Waals surface area contributed by atoms with E-state index in [2.05, 4.69) is 10.5 Å². The van der Waals surface area contributed by atoms with E-state index in [4.69, 9.17) is 20.9 Å². The lowest BCUT2D eigenvalue weighted by molar-refractivity contribution is -0.137. The van der Waals surface area contributed by atoms with Crippen LogP contribution in [-0.2, 0) is 12.8 Å². The lowest BCUT2D eigenvalue weighted by Gasteiger charge is -2.28. The van der Waals surface area contributed by atoms with Crippen molar-refractivity contribution < 1.29 is 22.4 Å². The molecule has 0 amide bonds. The molecule has 1 aromatic heterocycles. The van der Waals surface area contributed by atoms with Gasteiger partial charge in [0.25, 0.3) is 0 Å². The molecular formula is C23H20ClF3N2O2. The van der Waals surface area contributed by atoms with E-state index in [1.165, 1.54) is 12.1 Å². The third-order valence-electron chi connectivity index (χ3n) is 5.83. The molecule has 0 atom stereocenters. The van der Waals surface area contributed by atoms with Gasteiger partial charge in [-0.05, 0) is 36.6 Å². The molecule has 1 aliphatic carbocycles. The van der Waals surface area contributed by atoms with E-state index in [0.717, 1.165) is 37.6 Å². The number of ether oxygens (including phenoxy) is 1. The van der Waals surface area contributed by atoms with E-state index in [0.29, 0.717) is 28.0 Å². The average molecular weight is 449 g/mol. The third-order valence-corrected chi connectivity index (χ3v) is 6.16. The van der Waals surface area contributed by atoms with Crippen molar-refractivity contribution in [3.8, 4) is 17.0 Å². The Kier molecular flexibility index (Phi) is 5.18. The monoisotopic (exact) mass is 448 g/mol. The van der Waals surface area contributed by atoms with E-state index in [1.54, 1.807) is 12.1 Å². The SMILES string of the molecule is FC(F)(F)c1ccccc1-c1noc(C2CC2)c1COc1ccc(C2CNC2)c(Cl)c1. The van der Waals surface area contributed by atoms with Gasteiger partial charge in [0.05, 0.1) is 11.1 Å². The van der Waals surface area contributed by atoms with Gasteiger partial charge in [0, 0.05) is 35.5 Å². The predicted octanol–water partition coefficient (Wildman–Crippen LogP) is 6.16. The maximum Gasteiger partial charge on any atom is 0.417 e. The molecule has 1 aliphatic heterocycles. The number of halogens is 4. The Labute approximate surface area is 182 Å². The molecule has 0 bridgehead atoms. The summed E-state index contributed by atoms with van der Waals surface area (Å²) in [5, 5.41) is 7.86. The topological polar surface area (TPSA) is 47.3 Å². The summed E-state index contributed by atoms with van der Waals surface area (Å²) >= 11 is 6.42. The van der Waals surface area contributed by atoms with Crippen molar-refractivity contribution in [1.29, 1.82) is 0 Å². The van der Waals surface area contributed by atoms with Crippen LogP contribution >= 0.6 is 11.6 Å². The first kappa shape index (κ1) is 20.4. The van der Waals surface area contributed by atoms with E-state index in [9.17, 15) is 13.2 Å². The Morgan fingerprint density at radius 3 is 2.52 bits per heavy atom. The summed E-state index contributed by atoms with van der Waals surface area (Å²) in [6.07, 6.45) is -2.63. The summed E-state index contributed by atoms with van der Waals surface area (Å²) in [6.45, 7) is 1.85. The molecule has 2 aliphatic rings. The fraction of sp³-hybridized carbons (Fsp3) is 0.348. The van der Waals surface area contributed by atoms with Crippen molar-refractivity contribution in [2.75, 3.05) is 13.1 Å². The molecule has 5 rings (SSSR count). The molecule has 3 aromatic rings. The largest absolute Gasteiger partial charge is 0.489 e. The highest BCUT2D eigenvalue weighted by atomic mass is 35.5. The molecule has 8 heteroatoms. The maximum atomic E-state index is 13.6. The molecule has 0 spiro atoms. The quantitative estimate of drug-likeness (QED) is 0.490. The van der Waals surface area contributed by atoms with Crippen LogP contribution in [0.1, 0.15) is 47.1 Å². The lowest BCUT2D eigenvalue weighted by Crippen LogP contribution is -2.39. The molecule has 4 nitrogen and oxygen atoms in total. The molecule has 2 heterocycles. The fourth-order valence-corrected chi connectivity index (χ4v) is 4.19. The van der Waals surface area contributed by atoms with Gasteiger partial charge in [-0.25, -0.2) is 0 Å². The Morgan fingerprint density at radius 1 is 1.10 bits per heavy atom. The van der Waals surface area contributed by atoms with Gasteiger partial charge in [-0.15, -0.1) is 0 Å². The zero-order valence-corrected chi connectivity index (χ0v) is 17.3. The van der Waals surface area contributed by atoms with E-state index >= 15 is 0 Å². The van der Waals surface area contributed by atoms with E-state index < -0.39 is 11.7 Å². The summed E-state index contributed by atoms with van der Waals surface area (Å²) < 4.78 is 52.1. The van der Waals surface area contributed by atoms with Crippen LogP contribution in [0, 0.1) is 0 Å². The molecule has 31 heavy (non-hydrogen) atoms. The van der Waals surface area contributed by atoms with Crippen LogP contribution in [0.2, 0.25) is 5.02 Å². The number of hydrogen-bond acceptors (Lipinski definition) is 4. The summed E-state index contributed by atoms with van der Waals surface area (Å²) in [5.74, 6) is 1.73. The smallest absolute Gasteiger partial charge is 0.417 e. The maximum absolute atomic E-state index is 13.6. The van der Waals surface area contributed by atoms with Crippen molar-refractivity contribution in [1.82, 2.24) is 10.5 Å². The molecule has 162 valence electrons. The van der Waals surface area contributed by atoms with Crippen molar-refractivity contribution in [2.45, 2.75) is 37.5 Å². The second-order valence-corrected chi connectivity index (χ2v) is 8.43. The number of alkyl halides is 3. The summed E-state index contributed by atoms with van der Waals surface area (Å²) in [7, 11) is 0. The molecule has 2 aromatic carbocycles. The highest BCUT2D eigenvalue weighted by Crippen LogP contribution is 2.46. The number of hydrogen-bond donors (Lipinski definition) is 1. The lowest BCUT2D eigenvalue weighted by atomic mass is 9.94. The van der Waals surface area contributed by atoms with Gasteiger partial charge in [-0.2, -0.15) is 13.2 Å². The number of nitrogens with one attached hydrogen (secondary N) is 1. The third kappa shape index (κ3) is 4.04. The number of aromatic nitrogens is 1. The molecule has 1 saturated carbocycles. The minimum Gasteiger partial charge on any atom is -0.489 e. The van der Waals surface area contributed by atoms with Gasteiger partial charge in [-0.1, -0.05) is 41.0 Å². The van der Waals surface area contributed by atoms with Crippen LogP contribution in [0.3, 0.4) is 0 Å². The first-order valence-electron chi connectivity index (χ1n) is 10.2. The number of nitrogens with zero attached hydrogens (tertiary/aromatic N) is 1. The van der Waals surface area contributed by atoms with Gasteiger partial charge in [0.1, 0.15) is 23.8 Å². The first-order valence-corrected chi connectivity index (χ1v) is 10.6. The van der Waals surface area contributed by atoms with Crippen LogP contribution in [0.4, 0.5) is 13.2 Å². The van der Waals surface area contributed by atoms with Crippen LogP contribution in [0.15, 0.2) is 47.0 Å². The zero-order valence-electron chi connectivity index (χ0n) is 16.5. The fourth-order valence-electron chi connectivity index (χ4n) is 3.87. The second-order valence-electron chi connectivity index (χ2n) is 8.02. The van der Waals surface area contributed by atoms with Gasteiger partial charge >= 0.3 is 6.18 Å². The highest BCUT2D eigenvalue weighted by Gasteiger charge is 2.37. The van der Waals surface area contributed by atoms with Crippen molar-refractivity contribution in [3.63, 3.8) is 0 Å². The Hall–Kier alpha value is -2.51. The second kappa shape index (κ2) is 7.88. The zero-order chi connectivity index (χ0) is 21.6. The average Bonchev–Trinajstić information content (AvgIpc) is 3.45.